The van der Waals surface area contributed by atoms with Gasteiger partial charge in [0, 0.05) is 19.3 Å². The Morgan fingerprint density at radius 1 is 0.923 bits per heavy atom. The Labute approximate surface area is 154 Å². The number of anilines is 1. The van der Waals surface area contributed by atoms with Gasteiger partial charge in [0.2, 0.25) is 0 Å². The fraction of sp³-hybridized carbons (Fsp3) is 0.350. The molecule has 6 heteroatoms. The Morgan fingerprint density at radius 2 is 1.65 bits per heavy atom. The van der Waals surface area contributed by atoms with Gasteiger partial charge in [0.25, 0.3) is 5.91 Å². The Bertz CT molecular complexity index is 672. The Morgan fingerprint density at radius 3 is 2.38 bits per heavy atom. The van der Waals surface area contributed by atoms with E-state index >= 15 is 0 Å². The predicted octanol–water partition coefficient (Wildman–Crippen LogP) is 3.38. The van der Waals surface area contributed by atoms with Gasteiger partial charge in [-0.15, -0.1) is 0 Å². The highest BCUT2D eigenvalue weighted by molar-refractivity contribution is 6.05. The molecule has 0 atom stereocenters. The highest BCUT2D eigenvalue weighted by Gasteiger charge is 2.10. The molecule has 1 amide bonds. The number of methoxy groups -OCH3 is 1. The zero-order valence-electron chi connectivity index (χ0n) is 15.2. The second-order valence-corrected chi connectivity index (χ2v) is 5.36. The average Bonchev–Trinajstić information content (AvgIpc) is 2.67. The number of rotatable bonds is 11. The van der Waals surface area contributed by atoms with Crippen LogP contribution in [0.3, 0.4) is 0 Å². The molecule has 0 saturated carbocycles. The first-order valence-corrected chi connectivity index (χ1v) is 8.57. The van der Waals surface area contributed by atoms with Crippen LogP contribution in [-0.2, 0) is 9.47 Å². The SMILES string of the molecule is CCOCCOc1ccccc1NC(=O)c1ccc(OCCOC)cc1. The Kier molecular flexibility index (Phi) is 8.45. The van der Waals surface area contributed by atoms with E-state index in [0.717, 1.165) is 0 Å². The van der Waals surface area contributed by atoms with Crippen molar-refractivity contribution in [3.05, 3.63) is 54.1 Å². The van der Waals surface area contributed by atoms with Gasteiger partial charge in [-0.1, -0.05) is 12.1 Å². The third kappa shape index (κ3) is 6.38. The van der Waals surface area contributed by atoms with Gasteiger partial charge in [-0.2, -0.15) is 0 Å². The van der Waals surface area contributed by atoms with Crippen molar-refractivity contribution in [2.75, 3.05) is 45.5 Å². The van der Waals surface area contributed by atoms with E-state index in [1.54, 1.807) is 37.4 Å². The highest BCUT2D eigenvalue weighted by Crippen LogP contribution is 2.24. The molecule has 1 N–H and O–H groups in total. The molecular weight excluding hydrogens is 334 g/mol. The largest absolute Gasteiger partial charge is 0.491 e. The molecule has 2 rings (SSSR count). The topological polar surface area (TPSA) is 66.0 Å². The van der Waals surface area contributed by atoms with Gasteiger partial charge in [0.1, 0.15) is 24.7 Å². The van der Waals surface area contributed by atoms with Crippen LogP contribution < -0.4 is 14.8 Å². The Hall–Kier alpha value is -2.57. The van der Waals surface area contributed by atoms with Crippen molar-refractivity contribution in [3.63, 3.8) is 0 Å². The molecule has 0 aliphatic rings. The molecule has 2 aromatic carbocycles. The lowest BCUT2D eigenvalue weighted by molar-refractivity contribution is 0.102. The normalized spacial score (nSPS) is 10.4. The van der Waals surface area contributed by atoms with E-state index < -0.39 is 0 Å². The van der Waals surface area contributed by atoms with Crippen LogP contribution in [0.15, 0.2) is 48.5 Å². The van der Waals surface area contributed by atoms with E-state index in [4.69, 9.17) is 18.9 Å². The zero-order valence-corrected chi connectivity index (χ0v) is 15.2. The molecule has 0 aliphatic heterocycles. The van der Waals surface area contributed by atoms with Crippen LogP contribution in [0.1, 0.15) is 17.3 Å². The maximum absolute atomic E-state index is 12.5. The standard InChI is InChI=1S/C20H25NO5/c1-3-24-13-15-26-19-7-5-4-6-18(19)21-20(22)16-8-10-17(11-9-16)25-14-12-23-2/h4-11H,3,12-15H2,1-2H3,(H,21,22). The molecule has 0 unspecified atom stereocenters. The molecular formula is C20H25NO5. The number of carbonyl (C=O) groups is 1. The van der Waals surface area contributed by atoms with Crippen molar-refractivity contribution in [2.24, 2.45) is 0 Å². The summed E-state index contributed by atoms with van der Waals surface area (Å²) in [4.78, 5) is 12.5. The fourth-order valence-corrected chi connectivity index (χ4v) is 2.19. The number of hydrogen-bond donors (Lipinski definition) is 1. The molecule has 0 aromatic heterocycles. The van der Waals surface area contributed by atoms with Crippen LogP contribution in [0, 0.1) is 0 Å². The number of para-hydroxylation sites is 2. The quantitative estimate of drug-likeness (QED) is 0.623. The Balaban J connectivity index is 1.94. The second kappa shape index (κ2) is 11.1. The van der Waals surface area contributed by atoms with Crippen molar-refractivity contribution in [1.29, 1.82) is 0 Å². The number of amides is 1. The lowest BCUT2D eigenvalue weighted by Gasteiger charge is -2.13. The molecule has 0 bridgehead atoms. The number of benzene rings is 2. The predicted molar refractivity (Wildman–Crippen MR) is 100 cm³/mol. The molecule has 0 heterocycles. The van der Waals surface area contributed by atoms with E-state index in [1.165, 1.54) is 0 Å². The van der Waals surface area contributed by atoms with E-state index in [1.807, 2.05) is 25.1 Å². The molecule has 0 fully saturated rings. The van der Waals surface area contributed by atoms with Crippen molar-refractivity contribution in [2.45, 2.75) is 6.92 Å². The number of hydrogen-bond acceptors (Lipinski definition) is 5. The minimum Gasteiger partial charge on any atom is -0.491 e. The molecule has 26 heavy (non-hydrogen) atoms. The smallest absolute Gasteiger partial charge is 0.255 e. The van der Waals surface area contributed by atoms with Crippen molar-refractivity contribution in [3.8, 4) is 11.5 Å². The van der Waals surface area contributed by atoms with Gasteiger partial charge in [-0.3, -0.25) is 4.79 Å². The van der Waals surface area contributed by atoms with Gasteiger partial charge >= 0.3 is 0 Å². The van der Waals surface area contributed by atoms with Gasteiger partial charge < -0.3 is 24.3 Å². The van der Waals surface area contributed by atoms with Gasteiger partial charge in [-0.25, -0.2) is 0 Å². The summed E-state index contributed by atoms with van der Waals surface area (Å²) < 4.78 is 21.4. The van der Waals surface area contributed by atoms with Crippen molar-refractivity contribution < 1.29 is 23.7 Å². The van der Waals surface area contributed by atoms with Crippen LogP contribution in [0.5, 0.6) is 11.5 Å². The first-order valence-electron chi connectivity index (χ1n) is 8.57. The number of nitrogens with one attached hydrogen (secondary N) is 1. The summed E-state index contributed by atoms with van der Waals surface area (Å²) in [5.41, 5.74) is 1.16. The maximum Gasteiger partial charge on any atom is 0.255 e. The summed E-state index contributed by atoms with van der Waals surface area (Å²) in [7, 11) is 1.62. The van der Waals surface area contributed by atoms with E-state index in [-0.39, 0.29) is 5.91 Å². The maximum atomic E-state index is 12.5. The monoisotopic (exact) mass is 359 g/mol. The molecule has 0 radical (unpaired) electrons. The van der Waals surface area contributed by atoms with Gasteiger partial charge in [0.05, 0.1) is 18.9 Å². The number of ether oxygens (including phenoxy) is 4. The summed E-state index contributed by atoms with van der Waals surface area (Å²) in [6, 6.07) is 14.3. The van der Waals surface area contributed by atoms with Crippen LogP contribution >= 0.6 is 0 Å². The summed E-state index contributed by atoms with van der Waals surface area (Å²) in [6.45, 7) is 4.49. The van der Waals surface area contributed by atoms with Crippen LogP contribution in [-0.4, -0.2) is 46.1 Å². The fourth-order valence-electron chi connectivity index (χ4n) is 2.19. The summed E-state index contributed by atoms with van der Waals surface area (Å²) in [6.07, 6.45) is 0. The van der Waals surface area contributed by atoms with E-state index in [9.17, 15) is 4.79 Å². The second-order valence-electron chi connectivity index (χ2n) is 5.36. The third-order valence-electron chi connectivity index (χ3n) is 3.50. The van der Waals surface area contributed by atoms with Crippen molar-refractivity contribution >= 4 is 11.6 Å². The van der Waals surface area contributed by atoms with Crippen LogP contribution in [0.2, 0.25) is 0 Å². The van der Waals surface area contributed by atoms with Gasteiger partial charge in [0.15, 0.2) is 0 Å². The molecule has 0 saturated heterocycles. The van der Waals surface area contributed by atoms with E-state index in [0.29, 0.717) is 55.8 Å². The van der Waals surface area contributed by atoms with Crippen molar-refractivity contribution in [1.82, 2.24) is 0 Å². The minimum atomic E-state index is -0.214. The van der Waals surface area contributed by atoms with E-state index in [2.05, 4.69) is 5.32 Å². The molecule has 6 nitrogen and oxygen atoms in total. The highest BCUT2D eigenvalue weighted by atomic mass is 16.5. The first-order chi connectivity index (χ1) is 12.7. The minimum absolute atomic E-state index is 0.214. The third-order valence-corrected chi connectivity index (χ3v) is 3.50. The van der Waals surface area contributed by atoms with Gasteiger partial charge in [-0.05, 0) is 43.3 Å². The average molecular weight is 359 g/mol. The first kappa shape index (κ1) is 19.8. The zero-order chi connectivity index (χ0) is 18.6. The molecule has 2 aromatic rings. The number of carbonyl (C=O) groups excluding carboxylic acids is 1. The lowest BCUT2D eigenvalue weighted by atomic mass is 10.2. The molecule has 0 aliphatic carbocycles. The summed E-state index contributed by atoms with van der Waals surface area (Å²) in [5.74, 6) is 1.09. The molecule has 0 spiro atoms. The summed E-state index contributed by atoms with van der Waals surface area (Å²) >= 11 is 0. The lowest BCUT2D eigenvalue weighted by Crippen LogP contribution is -2.14. The van der Waals surface area contributed by atoms with Crippen LogP contribution in [0.4, 0.5) is 5.69 Å². The summed E-state index contributed by atoms with van der Waals surface area (Å²) in [5, 5.41) is 2.87. The molecule has 140 valence electrons. The van der Waals surface area contributed by atoms with Crippen LogP contribution in [0.25, 0.3) is 0 Å².